The average Bonchev–Trinajstić information content (AvgIpc) is 2.08. The zero-order valence-corrected chi connectivity index (χ0v) is 6.19. The Bertz CT molecular complexity index is 171. The predicted molar refractivity (Wildman–Crippen MR) is 35.5 cm³/mol. The van der Waals surface area contributed by atoms with Crippen molar-refractivity contribution in [3.8, 4) is 0 Å². The molecule has 1 unspecified atom stereocenters. The summed E-state index contributed by atoms with van der Waals surface area (Å²) in [7, 11) is -3.07. The van der Waals surface area contributed by atoms with Gasteiger partial charge in [0.05, 0.1) is 23.2 Å². The van der Waals surface area contributed by atoms with Gasteiger partial charge in [-0.3, -0.25) is 4.18 Å². The zero-order valence-electron chi connectivity index (χ0n) is 5.37. The van der Waals surface area contributed by atoms with Crippen molar-refractivity contribution in [1.82, 2.24) is 0 Å². The van der Waals surface area contributed by atoms with E-state index in [0.29, 0.717) is 0 Å². The summed E-state index contributed by atoms with van der Waals surface area (Å²) in [6.07, 6.45) is -0.852. The van der Waals surface area contributed by atoms with Gasteiger partial charge in [0.25, 0.3) is 5.09 Å². The molecule has 11 heavy (non-hydrogen) atoms. The fourth-order valence-electron chi connectivity index (χ4n) is 0.706. The highest BCUT2D eigenvalue weighted by Gasteiger charge is 2.34. The molecule has 1 fully saturated rings. The molecule has 0 bridgehead atoms. The minimum absolute atomic E-state index is 0.149. The summed E-state index contributed by atoms with van der Waals surface area (Å²) in [5.74, 6) is -0.228. The van der Waals surface area contributed by atoms with Crippen molar-refractivity contribution in [1.29, 1.82) is 0 Å². The summed E-state index contributed by atoms with van der Waals surface area (Å²) in [4.78, 5) is 13.8. The number of hydrogen-bond acceptors (Lipinski definition) is 6. The van der Waals surface area contributed by atoms with Gasteiger partial charge in [0.1, 0.15) is 6.10 Å². The Morgan fingerprint density at radius 2 is 2.36 bits per heavy atom. The van der Waals surface area contributed by atoms with Crippen LogP contribution in [0.4, 0.5) is 0 Å². The van der Waals surface area contributed by atoms with E-state index in [1.165, 1.54) is 0 Å². The van der Waals surface area contributed by atoms with Gasteiger partial charge in [0.2, 0.25) is 0 Å². The Labute approximate surface area is 63.6 Å². The highest BCUT2D eigenvalue weighted by Crippen LogP contribution is 2.45. The Morgan fingerprint density at radius 3 is 2.73 bits per heavy atom. The van der Waals surface area contributed by atoms with Gasteiger partial charge in [-0.25, -0.2) is 0 Å². The van der Waals surface area contributed by atoms with Gasteiger partial charge in [0, 0.05) is 0 Å². The largest absolute Gasteiger partial charge is 0.308 e. The maximum Gasteiger partial charge on any atom is 0.294 e. The van der Waals surface area contributed by atoms with Crippen LogP contribution in [-0.2, 0) is 9.02 Å². The minimum Gasteiger partial charge on any atom is -0.308 e. The lowest BCUT2D eigenvalue weighted by Crippen LogP contribution is -2.20. The van der Waals surface area contributed by atoms with E-state index in [2.05, 4.69) is 9.02 Å². The second-order valence-corrected chi connectivity index (χ2v) is 3.79. The van der Waals surface area contributed by atoms with Crippen molar-refractivity contribution < 1.29 is 23.2 Å². The first kappa shape index (κ1) is 8.53. The van der Waals surface area contributed by atoms with Gasteiger partial charge in [-0.15, -0.1) is 10.1 Å². The van der Waals surface area contributed by atoms with Crippen molar-refractivity contribution in [2.75, 3.05) is 12.4 Å². The van der Waals surface area contributed by atoms with E-state index in [0.717, 1.165) is 0 Å². The normalized spacial score (nSPS) is 31.3. The molecule has 1 heterocycles. The van der Waals surface area contributed by atoms with E-state index in [4.69, 9.17) is 9.11 Å². The molecule has 1 aliphatic rings. The molecule has 0 aromatic heterocycles. The summed E-state index contributed by atoms with van der Waals surface area (Å²) in [5.41, 5.74) is 0. The van der Waals surface area contributed by atoms with Gasteiger partial charge in [0.15, 0.2) is 0 Å². The molecule has 0 amide bonds. The van der Waals surface area contributed by atoms with Crippen LogP contribution < -0.4 is 0 Å². The molecule has 1 rings (SSSR count). The molecule has 1 aliphatic heterocycles. The number of rotatable bonds is 2. The van der Waals surface area contributed by atoms with Crippen LogP contribution in [0.25, 0.3) is 0 Å². The fraction of sp³-hybridized carbons (Fsp3) is 1.00. The van der Waals surface area contributed by atoms with Crippen molar-refractivity contribution in [3.63, 3.8) is 0 Å². The Hall–Kier alpha value is -0.570. The standard InChI is InChI=1S/C3H7NO6S/c5-4(6)10-3-1-9-11(7,8)2-3/h3,7-8H,1-2H2. The quantitative estimate of drug-likeness (QED) is 0.472. The first-order valence-electron chi connectivity index (χ1n) is 2.71. The fourth-order valence-corrected chi connectivity index (χ4v) is 1.81. The lowest BCUT2D eigenvalue weighted by molar-refractivity contribution is -0.767. The van der Waals surface area contributed by atoms with E-state index in [-0.39, 0.29) is 12.4 Å². The number of nitrogens with zero attached hydrogens (tertiary/aromatic N) is 1. The van der Waals surface area contributed by atoms with Gasteiger partial charge in [-0.05, 0) is 0 Å². The van der Waals surface area contributed by atoms with Crippen molar-refractivity contribution in [2.24, 2.45) is 0 Å². The zero-order chi connectivity index (χ0) is 8.48. The SMILES string of the molecule is O=[N+]([O-])OC1COS(O)(O)C1. The van der Waals surface area contributed by atoms with Gasteiger partial charge in [-0.1, -0.05) is 0 Å². The lowest BCUT2D eigenvalue weighted by Gasteiger charge is -2.17. The van der Waals surface area contributed by atoms with Crippen LogP contribution in [0.1, 0.15) is 0 Å². The first-order valence-corrected chi connectivity index (χ1v) is 4.35. The third-order valence-corrected chi connectivity index (χ3v) is 2.40. The molecule has 7 nitrogen and oxygen atoms in total. The molecule has 0 aromatic carbocycles. The molecule has 0 aromatic rings. The topological polar surface area (TPSA) is 102 Å². The van der Waals surface area contributed by atoms with Crippen LogP contribution in [0.2, 0.25) is 0 Å². The second kappa shape index (κ2) is 2.81. The van der Waals surface area contributed by atoms with E-state index in [1.54, 1.807) is 0 Å². The molecular weight excluding hydrogens is 178 g/mol. The van der Waals surface area contributed by atoms with Crippen molar-refractivity contribution >= 4 is 10.9 Å². The molecule has 0 radical (unpaired) electrons. The molecule has 1 saturated heterocycles. The van der Waals surface area contributed by atoms with Crippen LogP contribution in [0.3, 0.4) is 0 Å². The van der Waals surface area contributed by atoms with Gasteiger partial charge < -0.3 is 13.9 Å². The second-order valence-electron chi connectivity index (χ2n) is 2.01. The van der Waals surface area contributed by atoms with Crippen molar-refractivity contribution in [2.45, 2.75) is 6.10 Å². The lowest BCUT2D eigenvalue weighted by atomic mass is 10.4. The molecule has 8 heteroatoms. The summed E-state index contributed by atoms with van der Waals surface area (Å²) in [6.45, 7) is -0.149. The molecule has 0 aliphatic carbocycles. The summed E-state index contributed by atoms with van der Waals surface area (Å²) < 4.78 is 22.0. The van der Waals surface area contributed by atoms with Crippen LogP contribution in [0.15, 0.2) is 0 Å². The van der Waals surface area contributed by atoms with E-state index in [9.17, 15) is 10.1 Å². The van der Waals surface area contributed by atoms with Gasteiger partial charge in [-0.2, -0.15) is 0 Å². The maximum absolute atomic E-state index is 9.74. The first-order chi connectivity index (χ1) is 4.99. The molecule has 2 N–H and O–H groups in total. The van der Waals surface area contributed by atoms with E-state index in [1.807, 2.05) is 0 Å². The molecule has 0 spiro atoms. The highest BCUT2D eigenvalue weighted by atomic mass is 32.3. The smallest absolute Gasteiger partial charge is 0.294 e. The monoisotopic (exact) mass is 185 g/mol. The Balaban J connectivity index is 2.36. The van der Waals surface area contributed by atoms with Crippen LogP contribution in [-0.4, -0.2) is 32.7 Å². The predicted octanol–water partition coefficient (Wildman–Crippen LogP) is 0.259. The Kier molecular flexibility index (Phi) is 2.18. The van der Waals surface area contributed by atoms with Crippen LogP contribution >= 0.6 is 10.9 Å². The summed E-state index contributed by atoms with van der Waals surface area (Å²) in [5, 5.41) is 8.76. The minimum atomic E-state index is -3.07. The number of hydrogen-bond donors (Lipinski definition) is 2. The van der Waals surface area contributed by atoms with Gasteiger partial charge >= 0.3 is 0 Å². The summed E-state index contributed by atoms with van der Waals surface area (Å²) >= 11 is 0. The highest BCUT2D eigenvalue weighted by molar-refractivity contribution is 8.20. The summed E-state index contributed by atoms with van der Waals surface area (Å²) in [6, 6.07) is 0. The van der Waals surface area contributed by atoms with E-state index < -0.39 is 22.1 Å². The third-order valence-electron chi connectivity index (χ3n) is 1.08. The van der Waals surface area contributed by atoms with E-state index >= 15 is 0 Å². The third kappa shape index (κ3) is 2.50. The van der Waals surface area contributed by atoms with Crippen LogP contribution in [0, 0.1) is 10.1 Å². The van der Waals surface area contributed by atoms with Crippen LogP contribution in [0.5, 0.6) is 0 Å². The maximum atomic E-state index is 9.74. The average molecular weight is 185 g/mol. The Morgan fingerprint density at radius 1 is 1.73 bits per heavy atom. The van der Waals surface area contributed by atoms with Crippen molar-refractivity contribution in [3.05, 3.63) is 10.1 Å². The molecule has 1 atom stereocenters. The molecular formula is C3H7NO6S. The molecule has 0 saturated carbocycles. The molecule has 66 valence electrons.